The third kappa shape index (κ3) is 5.84. The highest BCUT2D eigenvalue weighted by atomic mass is 16.5. The molecule has 0 aromatic heterocycles. The summed E-state index contributed by atoms with van der Waals surface area (Å²) in [6.45, 7) is 5.34. The number of hydrogen-bond acceptors (Lipinski definition) is 4. The first-order valence-electron chi connectivity index (χ1n) is 11.1. The maximum atomic E-state index is 12.7. The van der Waals surface area contributed by atoms with Crippen LogP contribution < -0.4 is 10.6 Å². The van der Waals surface area contributed by atoms with Gasteiger partial charge in [-0.05, 0) is 42.0 Å². The second kappa shape index (κ2) is 11.7. The first-order chi connectivity index (χ1) is 16.5. The van der Waals surface area contributed by atoms with Gasteiger partial charge >= 0.3 is 12.1 Å². The number of benzene rings is 2. The van der Waals surface area contributed by atoms with E-state index in [1.807, 2.05) is 48.5 Å². The zero-order valence-electron chi connectivity index (χ0n) is 19.0. The first-order valence-corrected chi connectivity index (χ1v) is 11.1. The van der Waals surface area contributed by atoms with E-state index in [1.165, 1.54) is 0 Å². The van der Waals surface area contributed by atoms with Crippen LogP contribution in [0, 0.1) is 11.8 Å². The molecule has 0 heterocycles. The number of carboxylic acids is 1. The Kier molecular flexibility index (Phi) is 8.47. The molecule has 2 amide bonds. The SMILES string of the molecule is C=CCCC(NC(=O)OCC1c2ccccc2-c2ccccc21)C(=O)NC(CC#CC)C(=O)O. The molecule has 7 nitrogen and oxygen atoms in total. The minimum absolute atomic E-state index is 0.0311. The van der Waals surface area contributed by atoms with Crippen molar-refractivity contribution < 1.29 is 24.2 Å². The fourth-order valence-electron chi connectivity index (χ4n) is 4.01. The lowest BCUT2D eigenvalue weighted by molar-refractivity contribution is -0.141. The summed E-state index contributed by atoms with van der Waals surface area (Å²) in [5, 5.41) is 14.4. The summed E-state index contributed by atoms with van der Waals surface area (Å²) in [7, 11) is 0. The number of aliphatic carboxylic acids is 1. The number of amides is 2. The van der Waals surface area contributed by atoms with Crippen LogP contribution in [0.2, 0.25) is 0 Å². The molecule has 0 aliphatic heterocycles. The Bertz CT molecular complexity index is 1090. The summed E-state index contributed by atoms with van der Waals surface area (Å²) in [6.07, 6.45) is 1.55. The number of rotatable bonds is 10. The molecule has 1 aliphatic carbocycles. The molecule has 0 saturated carbocycles. The molecule has 2 atom stereocenters. The highest BCUT2D eigenvalue weighted by Gasteiger charge is 2.30. The van der Waals surface area contributed by atoms with Crippen LogP contribution in [0.5, 0.6) is 0 Å². The van der Waals surface area contributed by atoms with Crippen molar-refractivity contribution in [2.45, 2.75) is 44.2 Å². The van der Waals surface area contributed by atoms with E-state index in [9.17, 15) is 19.5 Å². The van der Waals surface area contributed by atoms with Crippen LogP contribution in [0.25, 0.3) is 11.1 Å². The molecule has 2 unspecified atom stereocenters. The van der Waals surface area contributed by atoms with Crippen molar-refractivity contribution in [3.8, 4) is 23.0 Å². The van der Waals surface area contributed by atoms with Gasteiger partial charge in [0.15, 0.2) is 0 Å². The quantitative estimate of drug-likeness (QED) is 0.369. The van der Waals surface area contributed by atoms with Gasteiger partial charge in [0.05, 0.1) is 0 Å². The lowest BCUT2D eigenvalue weighted by atomic mass is 9.98. The van der Waals surface area contributed by atoms with E-state index in [1.54, 1.807) is 13.0 Å². The molecule has 3 N–H and O–H groups in total. The van der Waals surface area contributed by atoms with Crippen LogP contribution in [0.15, 0.2) is 61.2 Å². The van der Waals surface area contributed by atoms with E-state index >= 15 is 0 Å². The maximum absolute atomic E-state index is 12.7. The smallest absolute Gasteiger partial charge is 0.407 e. The zero-order chi connectivity index (χ0) is 24.5. The first kappa shape index (κ1) is 24.6. The molecular formula is C27H28N2O5. The van der Waals surface area contributed by atoms with E-state index in [0.717, 1.165) is 22.3 Å². The highest BCUT2D eigenvalue weighted by Crippen LogP contribution is 2.44. The van der Waals surface area contributed by atoms with E-state index < -0.39 is 30.1 Å². The Morgan fingerprint density at radius 2 is 1.68 bits per heavy atom. The fraction of sp³-hybridized carbons (Fsp3) is 0.296. The molecular weight excluding hydrogens is 432 g/mol. The molecule has 1 aliphatic rings. The van der Waals surface area contributed by atoms with Gasteiger partial charge in [0.1, 0.15) is 18.7 Å². The molecule has 2 aromatic carbocycles. The lowest BCUT2D eigenvalue weighted by Crippen LogP contribution is -2.51. The van der Waals surface area contributed by atoms with E-state index in [-0.39, 0.29) is 25.4 Å². The van der Waals surface area contributed by atoms with Gasteiger partial charge in [-0.1, -0.05) is 54.6 Å². The Morgan fingerprint density at radius 1 is 1.06 bits per heavy atom. The maximum Gasteiger partial charge on any atom is 0.407 e. The van der Waals surface area contributed by atoms with Crippen LogP contribution >= 0.6 is 0 Å². The normalized spacial score (nSPS) is 13.3. The standard InChI is InChI=1S/C27H28N2O5/c1-3-5-15-23(25(30)28-24(26(31)32)16-6-4-2)29-27(33)34-17-22-20-13-9-7-11-18(20)19-12-8-10-14-21(19)22/h3,7-14,22-24H,1,5,15-17H2,2H3,(H,28,30)(H,29,33)(H,31,32). The summed E-state index contributed by atoms with van der Waals surface area (Å²) in [5.74, 6) is 3.35. The number of carbonyl (C=O) groups is 3. The molecule has 0 radical (unpaired) electrons. The average molecular weight is 461 g/mol. The van der Waals surface area contributed by atoms with Gasteiger partial charge in [-0.25, -0.2) is 9.59 Å². The second-order valence-electron chi connectivity index (χ2n) is 7.92. The number of fused-ring (bicyclic) bond motifs is 3. The number of alkyl carbamates (subject to hydrolysis) is 1. The molecule has 176 valence electrons. The van der Waals surface area contributed by atoms with Crippen LogP contribution in [0.1, 0.15) is 43.2 Å². The average Bonchev–Trinajstić information content (AvgIpc) is 3.16. The Morgan fingerprint density at radius 3 is 2.24 bits per heavy atom. The number of carbonyl (C=O) groups excluding carboxylic acids is 2. The molecule has 0 bridgehead atoms. The van der Waals surface area contributed by atoms with Crippen molar-refractivity contribution in [2.24, 2.45) is 0 Å². The topological polar surface area (TPSA) is 105 Å². The van der Waals surface area contributed by atoms with Crippen molar-refractivity contribution in [1.82, 2.24) is 10.6 Å². The summed E-state index contributed by atoms with van der Waals surface area (Å²) >= 11 is 0. The fourth-order valence-corrected chi connectivity index (χ4v) is 4.01. The molecule has 0 fully saturated rings. The number of nitrogens with one attached hydrogen (secondary N) is 2. The van der Waals surface area contributed by atoms with Gasteiger partial charge < -0.3 is 20.5 Å². The second-order valence-corrected chi connectivity index (χ2v) is 7.92. The molecule has 0 saturated heterocycles. The number of allylic oxidation sites excluding steroid dienone is 1. The lowest BCUT2D eigenvalue weighted by Gasteiger charge is -2.21. The minimum atomic E-state index is -1.19. The molecule has 3 rings (SSSR count). The molecule has 0 spiro atoms. The van der Waals surface area contributed by atoms with Gasteiger partial charge in [0.2, 0.25) is 5.91 Å². The van der Waals surface area contributed by atoms with Crippen molar-refractivity contribution in [3.63, 3.8) is 0 Å². The van der Waals surface area contributed by atoms with Gasteiger partial charge in [0.25, 0.3) is 0 Å². The predicted octanol–water partition coefficient (Wildman–Crippen LogP) is 3.84. The van der Waals surface area contributed by atoms with Crippen molar-refractivity contribution in [2.75, 3.05) is 6.61 Å². The van der Waals surface area contributed by atoms with Crippen LogP contribution in [0.3, 0.4) is 0 Å². The Labute approximate surface area is 199 Å². The van der Waals surface area contributed by atoms with Crippen molar-refractivity contribution >= 4 is 18.0 Å². The predicted molar refractivity (Wildman–Crippen MR) is 129 cm³/mol. The van der Waals surface area contributed by atoms with Gasteiger partial charge in [-0.3, -0.25) is 4.79 Å². The van der Waals surface area contributed by atoms with Gasteiger partial charge in [-0.2, -0.15) is 0 Å². The number of ether oxygens (including phenoxy) is 1. The summed E-state index contributed by atoms with van der Waals surface area (Å²) in [5.41, 5.74) is 4.40. The Hall–Kier alpha value is -4.05. The summed E-state index contributed by atoms with van der Waals surface area (Å²) < 4.78 is 5.52. The minimum Gasteiger partial charge on any atom is -0.480 e. The zero-order valence-corrected chi connectivity index (χ0v) is 19.0. The monoisotopic (exact) mass is 460 g/mol. The van der Waals surface area contributed by atoms with E-state index in [2.05, 4.69) is 29.1 Å². The Balaban J connectivity index is 1.66. The van der Waals surface area contributed by atoms with E-state index in [0.29, 0.717) is 6.42 Å². The van der Waals surface area contributed by atoms with E-state index in [4.69, 9.17) is 4.74 Å². The van der Waals surface area contributed by atoms with Crippen LogP contribution in [-0.4, -0.2) is 41.8 Å². The molecule has 7 heteroatoms. The highest BCUT2D eigenvalue weighted by molar-refractivity contribution is 5.89. The van der Waals surface area contributed by atoms with Gasteiger partial charge in [0, 0.05) is 12.3 Å². The number of carboxylic acid groups (broad SMARTS) is 1. The number of hydrogen-bond donors (Lipinski definition) is 3. The van der Waals surface area contributed by atoms with Crippen molar-refractivity contribution in [3.05, 3.63) is 72.3 Å². The largest absolute Gasteiger partial charge is 0.480 e. The molecule has 34 heavy (non-hydrogen) atoms. The van der Waals surface area contributed by atoms with Crippen molar-refractivity contribution in [1.29, 1.82) is 0 Å². The van der Waals surface area contributed by atoms with Crippen LogP contribution in [-0.2, 0) is 14.3 Å². The summed E-state index contributed by atoms with van der Waals surface area (Å²) in [4.78, 5) is 36.8. The van der Waals surface area contributed by atoms with Gasteiger partial charge in [-0.15, -0.1) is 18.4 Å². The third-order valence-electron chi connectivity index (χ3n) is 5.71. The summed E-state index contributed by atoms with van der Waals surface area (Å²) in [6, 6.07) is 13.9. The molecule has 2 aromatic rings. The third-order valence-corrected chi connectivity index (χ3v) is 5.71. The van der Waals surface area contributed by atoms with Crippen LogP contribution in [0.4, 0.5) is 4.79 Å².